The van der Waals surface area contributed by atoms with Crippen molar-refractivity contribution in [2.75, 3.05) is 39.5 Å². The van der Waals surface area contributed by atoms with Gasteiger partial charge in [0.15, 0.2) is 0 Å². The number of nitrogens with zero attached hydrogens (tertiary/aromatic N) is 1. The summed E-state index contributed by atoms with van der Waals surface area (Å²) < 4.78 is 10.7. The molecule has 1 aromatic carbocycles. The minimum Gasteiger partial charge on any atom is -0.464 e. The first kappa shape index (κ1) is 28.4. The van der Waals surface area contributed by atoms with E-state index in [1.807, 2.05) is 24.3 Å². The zero-order valence-corrected chi connectivity index (χ0v) is 22.0. The molecule has 2 N–H and O–H groups in total. The third kappa shape index (κ3) is 9.01. The van der Waals surface area contributed by atoms with Gasteiger partial charge in [0.05, 0.1) is 25.4 Å². The second kappa shape index (κ2) is 15.2. The van der Waals surface area contributed by atoms with Crippen molar-refractivity contribution in [3.8, 4) is 0 Å². The summed E-state index contributed by atoms with van der Waals surface area (Å²) in [5.74, 6) is 0.0189. The molecule has 1 heterocycles. The normalized spacial score (nSPS) is 26.1. The van der Waals surface area contributed by atoms with E-state index < -0.39 is 12.2 Å². The second-order valence-electron chi connectivity index (χ2n) is 10.1. The molecule has 3 rings (SSSR count). The van der Waals surface area contributed by atoms with Gasteiger partial charge in [-0.3, -0.25) is 9.69 Å². The van der Waals surface area contributed by atoms with Crippen molar-refractivity contribution in [1.82, 2.24) is 4.90 Å². The average molecular weight is 510 g/mol. The molecule has 1 aliphatic heterocycles. The van der Waals surface area contributed by atoms with E-state index in [1.54, 1.807) is 0 Å². The number of esters is 1. The molecule has 0 radical (unpaired) electrons. The SMILES string of the molecule is CCCCC[C@H](O)c1ccc([C@@H]2[C@@H](CCCCC(=O)OCCN3CCOCC3)[C@H](Cl)C[C@H]2O)cc1. The first-order valence-corrected chi connectivity index (χ1v) is 14.0. The van der Waals surface area contributed by atoms with Gasteiger partial charge in [-0.05, 0) is 42.7 Å². The molecule has 6 nitrogen and oxygen atoms in total. The summed E-state index contributed by atoms with van der Waals surface area (Å²) in [6.45, 7) is 6.65. The van der Waals surface area contributed by atoms with Crippen LogP contribution in [0.25, 0.3) is 0 Å². The lowest BCUT2D eigenvalue weighted by Crippen LogP contribution is -2.38. The topological polar surface area (TPSA) is 79.2 Å². The van der Waals surface area contributed by atoms with Crippen LogP contribution in [0.4, 0.5) is 0 Å². The van der Waals surface area contributed by atoms with Crippen LogP contribution in [0.1, 0.15) is 87.9 Å². The zero-order valence-electron chi connectivity index (χ0n) is 21.2. The van der Waals surface area contributed by atoms with Gasteiger partial charge in [0, 0.05) is 37.4 Å². The summed E-state index contributed by atoms with van der Waals surface area (Å²) >= 11 is 6.65. The Labute approximate surface area is 215 Å². The molecule has 2 aliphatic rings. The minimum absolute atomic E-state index is 0.00995. The lowest BCUT2D eigenvalue weighted by molar-refractivity contribution is -0.144. The Morgan fingerprint density at radius 1 is 1.17 bits per heavy atom. The Hall–Kier alpha value is -1.18. The van der Waals surface area contributed by atoms with E-state index in [9.17, 15) is 15.0 Å². The summed E-state index contributed by atoms with van der Waals surface area (Å²) in [7, 11) is 0. The highest BCUT2D eigenvalue weighted by Crippen LogP contribution is 2.45. The Morgan fingerprint density at radius 2 is 1.91 bits per heavy atom. The number of rotatable bonds is 14. The van der Waals surface area contributed by atoms with Crippen molar-refractivity contribution in [1.29, 1.82) is 0 Å². The van der Waals surface area contributed by atoms with Crippen molar-refractivity contribution in [3.63, 3.8) is 0 Å². The quantitative estimate of drug-likeness (QED) is 0.213. The van der Waals surface area contributed by atoms with Crippen LogP contribution in [0.2, 0.25) is 0 Å². The van der Waals surface area contributed by atoms with Gasteiger partial charge in [0.25, 0.3) is 0 Å². The molecule has 0 amide bonds. The summed E-state index contributed by atoms with van der Waals surface area (Å²) in [4.78, 5) is 14.4. The van der Waals surface area contributed by atoms with Gasteiger partial charge in [-0.15, -0.1) is 11.6 Å². The summed E-state index contributed by atoms with van der Waals surface area (Å²) in [5, 5.41) is 21.1. The number of carbonyl (C=O) groups is 1. The monoisotopic (exact) mass is 509 g/mol. The fourth-order valence-corrected chi connectivity index (χ4v) is 5.89. The Bertz CT molecular complexity index is 739. The number of alkyl halides is 1. The summed E-state index contributed by atoms with van der Waals surface area (Å²) in [6, 6.07) is 8.06. The summed E-state index contributed by atoms with van der Waals surface area (Å²) in [6.07, 6.45) is 6.70. The van der Waals surface area contributed by atoms with Crippen LogP contribution >= 0.6 is 11.6 Å². The first-order chi connectivity index (χ1) is 17.0. The molecule has 1 saturated heterocycles. The Kier molecular flexibility index (Phi) is 12.3. The molecular weight excluding hydrogens is 466 g/mol. The molecule has 2 fully saturated rings. The second-order valence-corrected chi connectivity index (χ2v) is 10.7. The third-order valence-corrected chi connectivity index (χ3v) is 8.04. The van der Waals surface area contributed by atoms with Crippen LogP contribution in [0, 0.1) is 5.92 Å². The minimum atomic E-state index is -0.465. The van der Waals surface area contributed by atoms with Crippen LogP contribution in [0.15, 0.2) is 24.3 Å². The Morgan fingerprint density at radius 3 is 2.63 bits per heavy atom. The fraction of sp³-hybridized carbons (Fsp3) is 0.750. The van der Waals surface area contributed by atoms with Gasteiger partial charge in [0.1, 0.15) is 6.61 Å². The third-order valence-electron chi connectivity index (χ3n) is 7.54. The molecule has 7 heteroatoms. The van der Waals surface area contributed by atoms with Crippen LogP contribution in [0.3, 0.4) is 0 Å². The van der Waals surface area contributed by atoms with E-state index >= 15 is 0 Å². The number of halogens is 1. The van der Waals surface area contributed by atoms with Crippen LogP contribution in [-0.2, 0) is 14.3 Å². The van der Waals surface area contributed by atoms with Gasteiger partial charge in [-0.25, -0.2) is 0 Å². The molecule has 0 bridgehead atoms. The molecule has 1 saturated carbocycles. The molecule has 1 aliphatic carbocycles. The zero-order chi connectivity index (χ0) is 25.0. The van der Waals surface area contributed by atoms with Crippen molar-refractivity contribution in [2.45, 2.75) is 88.2 Å². The van der Waals surface area contributed by atoms with Crippen molar-refractivity contribution in [2.24, 2.45) is 5.92 Å². The lowest BCUT2D eigenvalue weighted by Gasteiger charge is -2.26. The maximum atomic E-state index is 12.1. The molecule has 5 atom stereocenters. The molecule has 198 valence electrons. The van der Waals surface area contributed by atoms with Crippen LogP contribution < -0.4 is 0 Å². The average Bonchev–Trinajstić information content (AvgIpc) is 3.15. The predicted octanol–water partition coefficient (Wildman–Crippen LogP) is 4.81. The number of ether oxygens (including phenoxy) is 2. The first-order valence-electron chi connectivity index (χ1n) is 13.5. The van der Waals surface area contributed by atoms with Gasteiger partial charge in [-0.2, -0.15) is 0 Å². The van der Waals surface area contributed by atoms with Crippen molar-refractivity contribution < 1.29 is 24.5 Å². The van der Waals surface area contributed by atoms with Crippen LogP contribution in [0.5, 0.6) is 0 Å². The molecule has 1 aromatic rings. The number of aliphatic hydroxyl groups excluding tert-OH is 2. The maximum Gasteiger partial charge on any atom is 0.305 e. The van der Waals surface area contributed by atoms with Gasteiger partial charge < -0.3 is 19.7 Å². The number of morpholine rings is 1. The van der Waals surface area contributed by atoms with E-state index in [4.69, 9.17) is 21.1 Å². The predicted molar refractivity (Wildman–Crippen MR) is 139 cm³/mol. The van der Waals surface area contributed by atoms with Crippen molar-refractivity contribution >= 4 is 17.6 Å². The van der Waals surface area contributed by atoms with E-state index in [-0.39, 0.29) is 23.2 Å². The van der Waals surface area contributed by atoms with E-state index in [2.05, 4.69) is 11.8 Å². The van der Waals surface area contributed by atoms with Gasteiger partial charge >= 0.3 is 5.97 Å². The number of hydrogen-bond acceptors (Lipinski definition) is 6. The number of carbonyl (C=O) groups excluding carboxylic acids is 1. The highest BCUT2D eigenvalue weighted by atomic mass is 35.5. The largest absolute Gasteiger partial charge is 0.464 e. The van der Waals surface area contributed by atoms with E-state index in [1.165, 1.54) is 0 Å². The highest BCUT2D eigenvalue weighted by Gasteiger charge is 2.41. The number of aliphatic hydroxyl groups is 2. The molecular formula is C28H44ClNO5. The van der Waals surface area contributed by atoms with Gasteiger partial charge in [0.2, 0.25) is 0 Å². The van der Waals surface area contributed by atoms with E-state index in [0.717, 1.165) is 88.9 Å². The lowest BCUT2D eigenvalue weighted by atomic mass is 9.83. The van der Waals surface area contributed by atoms with E-state index in [0.29, 0.717) is 19.4 Å². The van der Waals surface area contributed by atoms with Gasteiger partial charge in [-0.1, -0.05) is 56.9 Å². The Balaban J connectivity index is 1.41. The number of hydrogen-bond donors (Lipinski definition) is 2. The van der Waals surface area contributed by atoms with Crippen molar-refractivity contribution in [3.05, 3.63) is 35.4 Å². The smallest absolute Gasteiger partial charge is 0.305 e. The van der Waals surface area contributed by atoms with Crippen LogP contribution in [-0.4, -0.2) is 72.0 Å². The molecule has 35 heavy (non-hydrogen) atoms. The molecule has 0 aromatic heterocycles. The molecule has 0 unspecified atom stereocenters. The standard InChI is InChI=1S/C28H44ClNO5/c1-2-3-4-8-25(31)21-10-12-22(13-11-21)28-23(24(29)20-26(28)32)7-5-6-9-27(33)35-19-16-30-14-17-34-18-15-30/h10-13,23-26,28,31-32H,2-9,14-20H2,1H3/t23-,24+,25-,26+,28+/m0/s1. The maximum absolute atomic E-state index is 12.1. The molecule has 0 spiro atoms. The summed E-state index contributed by atoms with van der Waals surface area (Å²) in [5.41, 5.74) is 2.01. The number of benzene rings is 1. The highest BCUT2D eigenvalue weighted by molar-refractivity contribution is 6.21. The number of unbranched alkanes of at least 4 members (excludes halogenated alkanes) is 3. The fourth-order valence-electron chi connectivity index (χ4n) is 5.42.